The van der Waals surface area contributed by atoms with Gasteiger partial charge < -0.3 is 26.4 Å². The number of nitrogens with one attached hydrogen (secondary N) is 4. The number of amides is 3. The van der Waals surface area contributed by atoms with Crippen molar-refractivity contribution in [1.29, 1.82) is 0 Å². The Balaban J connectivity index is 2.82. The van der Waals surface area contributed by atoms with Crippen LogP contribution in [0.5, 0.6) is 0 Å². The maximum atomic E-state index is 12.9. The molecule has 0 aliphatic carbocycles. The molecule has 166 valence electrons. The summed E-state index contributed by atoms with van der Waals surface area (Å²) in [5.74, 6) is -1.57. The lowest BCUT2D eigenvalue weighted by molar-refractivity contribution is -0.141. The fraction of sp³-hybridized carbons (Fsp3) is 0.789. The molecule has 1 aliphatic heterocycles. The molecule has 0 radical (unpaired) electrons. The standard InChI is InChI=1S/C19H34N4O5S/c1-11(2)10-15(23-16(24)13-6-5-8-20-13)18(26)22-14(7-9-29-4)17(25)21-12(3)19(27)28/h11-15,20H,5-10H2,1-4H3,(H,21,25)(H,22,26)(H,23,24)(H,27,28). The van der Waals surface area contributed by atoms with Crippen LogP contribution in [-0.4, -0.2) is 71.5 Å². The molecule has 3 amide bonds. The molecule has 9 nitrogen and oxygen atoms in total. The molecular weight excluding hydrogens is 396 g/mol. The van der Waals surface area contributed by atoms with Gasteiger partial charge in [-0.2, -0.15) is 11.8 Å². The number of carboxylic acids is 1. The van der Waals surface area contributed by atoms with Crippen LogP contribution in [0.3, 0.4) is 0 Å². The highest BCUT2D eigenvalue weighted by molar-refractivity contribution is 7.98. The van der Waals surface area contributed by atoms with Gasteiger partial charge in [-0.3, -0.25) is 19.2 Å². The molecule has 5 N–H and O–H groups in total. The van der Waals surface area contributed by atoms with E-state index >= 15 is 0 Å². The van der Waals surface area contributed by atoms with Crippen molar-refractivity contribution in [3.05, 3.63) is 0 Å². The summed E-state index contributed by atoms with van der Waals surface area (Å²) in [5.41, 5.74) is 0. The third-order valence-electron chi connectivity index (χ3n) is 4.69. The van der Waals surface area contributed by atoms with Crippen molar-refractivity contribution in [3.8, 4) is 0 Å². The molecule has 0 aromatic carbocycles. The van der Waals surface area contributed by atoms with Gasteiger partial charge in [0.15, 0.2) is 0 Å². The topological polar surface area (TPSA) is 137 Å². The van der Waals surface area contributed by atoms with E-state index in [0.717, 1.165) is 19.4 Å². The Bertz CT molecular complexity index is 581. The predicted molar refractivity (Wildman–Crippen MR) is 113 cm³/mol. The van der Waals surface area contributed by atoms with Crippen molar-refractivity contribution >= 4 is 35.5 Å². The van der Waals surface area contributed by atoms with Gasteiger partial charge in [-0.25, -0.2) is 0 Å². The van der Waals surface area contributed by atoms with E-state index in [9.17, 15) is 19.2 Å². The van der Waals surface area contributed by atoms with Crippen LogP contribution in [0.15, 0.2) is 0 Å². The first-order chi connectivity index (χ1) is 13.6. The molecule has 0 bridgehead atoms. The largest absolute Gasteiger partial charge is 0.480 e. The van der Waals surface area contributed by atoms with Crippen LogP contribution in [0.1, 0.15) is 46.5 Å². The zero-order chi connectivity index (χ0) is 22.0. The van der Waals surface area contributed by atoms with Gasteiger partial charge in [0.2, 0.25) is 17.7 Å². The molecule has 0 aromatic rings. The molecule has 1 fully saturated rings. The first kappa shape index (κ1) is 25.2. The highest BCUT2D eigenvalue weighted by Crippen LogP contribution is 2.10. The summed E-state index contributed by atoms with van der Waals surface area (Å²) in [6, 6.07) is -2.99. The van der Waals surface area contributed by atoms with Crippen molar-refractivity contribution in [2.24, 2.45) is 5.92 Å². The molecule has 0 spiro atoms. The number of rotatable bonds is 12. The van der Waals surface area contributed by atoms with Gasteiger partial charge in [0.1, 0.15) is 18.1 Å². The van der Waals surface area contributed by atoms with Crippen molar-refractivity contribution in [3.63, 3.8) is 0 Å². The second-order valence-corrected chi connectivity index (χ2v) is 8.74. The van der Waals surface area contributed by atoms with Crippen LogP contribution in [0, 0.1) is 5.92 Å². The summed E-state index contributed by atoms with van der Waals surface area (Å²) in [6.45, 7) is 6.04. The quantitative estimate of drug-likeness (QED) is 0.296. The zero-order valence-corrected chi connectivity index (χ0v) is 18.4. The lowest BCUT2D eigenvalue weighted by atomic mass is 10.0. The predicted octanol–water partition coefficient (Wildman–Crippen LogP) is 0.0965. The third-order valence-corrected chi connectivity index (χ3v) is 5.33. The second kappa shape index (κ2) is 12.7. The summed E-state index contributed by atoms with van der Waals surface area (Å²) in [5, 5.41) is 20.0. The highest BCUT2D eigenvalue weighted by atomic mass is 32.2. The first-order valence-electron chi connectivity index (χ1n) is 10.0. The van der Waals surface area contributed by atoms with Crippen LogP contribution in [0.4, 0.5) is 0 Å². The molecule has 1 aliphatic rings. The van der Waals surface area contributed by atoms with E-state index in [1.165, 1.54) is 18.7 Å². The number of aliphatic carboxylic acids is 1. The van der Waals surface area contributed by atoms with Crippen LogP contribution >= 0.6 is 11.8 Å². The van der Waals surface area contributed by atoms with E-state index in [1.54, 1.807) is 0 Å². The van der Waals surface area contributed by atoms with Gasteiger partial charge in [0.05, 0.1) is 6.04 Å². The van der Waals surface area contributed by atoms with Gasteiger partial charge in [-0.05, 0) is 57.1 Å². The fourth-order valence-electron chi connectivity index (χ4n) is 3.04. The van der Waals surface area contributed by atoms with E-state index < -0.39 is 35.9 Å². The number of carboxylic acid groups (broad SMARTS) is 1. The molecule has 0 aromatic heterocycles. The van der Waals surface area contributed by atoms with E-state index in [2.05, 4.69) is 21.3 Å². The lowest BCUT2D eigenvalue weighted by Gasteiger charge is -2.25. The Kier molecular flexibility index (Phi) is 11.0. The number of carbonyl (C=O) groups excluding carboxylic acids is 3. The average molecular weight is 431 g/mol. The monoisotopic (exact) mass is 430 g/mol. The van der Waals surface area contributed by atoms with Crippen LogP contribution in [-0.2, 0) is 19.2 Å². The number of thioether (sulfide) groups is 1. The number of hydrogen-bond acceptors (Lipinski definition) is 6. The Labute approximate surface area is 176 Å². The van der Waals surface area contributed by atoms with Gasteiger partial charge >= 0.3 is 5.97 Å². The molecule has 0 saturated carbocycles. The van der Waals surface area contributed by atoms with E-state index in [0.29, 0.717) is 18.6 Å². The Morgan fingerprint density at radius 3 is 2.24 bits per heavy atom. The molecule has 1 rings (SSSR count). The Hall–Kier alpha value is -1.81. The van der Waals surface area contributed by atoms with E-state index in [-0.39, 0.29) is 17.9 Å². The Morgan fingerprint density at radius 2 is 1.72 bits per heavy atom. The molecule has 29 heavy (non-hydrogen) atoms. The SMILES string of the molecule is CSCCC(NC(=O)C(CC(C)C)NC(=O)C1CCCN1)C(=O)NC(C)C(=O)O. The first-order valence-corrected chi connectivity index (χ1v) is 11.4. The smallest absolute Gasteiger partial charge is 0.325 e. The minimum atomic E-state index is -1.15. The van der Waals surface area contributed by atoms with Crippen molar-refractivity contribution in [2.45, 2.75) is 70.6 Å². The average Bonchev–Trinajstić information content (AvgIpc) is 3.18. The minimum absolute atomic E-state index is 0.160. The van der Waals surface area contributed by atoms with Gasteiger partial charge in [0.25, 0.3) is 0 Å². The second-order valence-electron chi connectivity index (χ2n) is 7.75. The Morgan fingerprint density at radius 1 is 1.07 bits per heavy atom. The summed E-state index contributed by atoms with van der Waals surface area (Å²) >= 11 is 1.52. The van der Waals surface area contributed by atoms with Crippen LogP contribution in [0.25, 0.3) is 0 Å². The van der Waals surface area contributed by atoms with Crippen LogP contribution in [0.2, 0.25) is 0 Å². The van der Waals surface area contributed by atoms with Crippen LogP contribution < -0.4 is 21.3 Å². The number of hydrogen-bond donors (Lipinski definition) is 5. The maximum absolute atomic E-state index is 12.9. The van der Waals surface area contributed by atoms with Gasteiger partial charge in [-0.1, -0.05) is 13.8 Å². The lowest BCUT2D eigenvalue weighted by Crippen LogP contribution is -2.57. The molecule has 10 heteroatoms. The van der Waals surface area contributed by atoms with Crippen molar-refractivity contribution < 1.29 is 24.3 Å². The molecule has 4 unspecified atom stereocenters. The van der Waals surface area contributed by atoms with Crippen molar-refractivity contribution in [1.82, 2.24) is 21.3 Å². The van der Waals surface area contributed by atoms with E-state index in [1.807, 2.05) is 20.1 Å². The summed E-state index contributed by atoms with van der Waals surface area (Å²) < 4.78 is 0. The maximum Gasteiger partial charge on any atom is 0.325 e. The highest BCUT2D eigenvalue weighted by Gasteiger charge is 2.31. The molecule has 4 atom stereocenters. The summed E-state index contributed by atoms with van der Waals surface area (Å²) in [4.78, 5) is 48.8. The minimum Gasteiger partial charge on any atom is -0.480 e. The normalized spacial score (nSPS) is 19.3. The van der Waals surface area contributed by atoms with E-state index in [4.69, 9.17) is 5.11 Å². The fourth-order valence-corrected chi connectivity index (χ4v) is 3.51. The van der Waals surface area contributed by atoms with Gasteiger partial charge in [0, 0.05) is 0 Å². The molecular formula is C19H34N4O5S. The zero-order valence-electron chi connectivity index (χ0n) is 17.6. The van der Waals surface area contributed by atoms with Gasteiger partial charge in [-0.15, -0.1) is 0 Å². The molecule has 1 saturated heterocycles. The number of carbonyl (C=O) groups is 4. The summed E-state index contributed by atoms with van der Waals surface area (Å²) in [6.07, 6.45) is 4.32. The third kappa shape index (κ3) is 9.03. The molecule has 1 heterocycles. The summed E-state index contributed by atoms with van der Waals surface area (Å²) in [7, 11) is 0. The van der Waals surface area contributed by atoms with Crippen molar-refractivity contribution in [2.75, 3.05) is 18.6 Å².